The lowest BCUT2D eigenvalue weighted by molar-refractivity contribution is -0.141. The quantitative estimate of drug-likeness (QED) is 0.920. The zero-order valence-corrected chi connectivity index (χ0v) is 15.2. The van der Waals surface area contributed by atoms with Crippen LogP contribution in [-0.2, 0) is 17.6 Å². The van der Waals surface area contributed by atoms with Gasteiger partial charge in [0.1, 0.15) is 0 Å². The van der Waals surface area contributed by atoms with Crippen molar-refractivity contribution >= 4 is 11.9 Å². The van der Waals surface area contributed by atoms with Crippen molar-refractivity contribution in [3.8, 4) is 5.69 Å². The SMILES string of the molecule is Cc1ccc(-n2nc(C(=O)N3CCC(C(=O)O)C3)c3c2CCC3)c(C)c1. The standard InChI is InChI=1S/C20H23N3O3/c1-12-6-7-16(13(2)10-12)23-17-5-3-4-15(17)18(21-23)19(24)22-9-8-14(11-22)20(25)26/h6-7,10,14H,3-5,8-9,11H2,1-2H3,(H,25,26). The third kappa shape index (κ3) is 2.69. The van der Waals surface area contributed by atoms with Gasteiger partial charge in [0.05, 0.1) is 11.6 Å². The van der Waals surface area contributed by atoms with E-state index in [1.165, 1.54) is 5.56 Å². The Morgan fingerprint density at radius 3 is 2.73 bits per heavy atom. The molecular formula is C20H23N3O3. The number of carbonyl (C=O) groups excluding carboxylic acids is 1. The molecule has 0 radical (unpaired) electrons. The Hall–Kier alpha value is -2.63. The van der Waals surface area contributed by atoms with Crippen molar-refractivity contribution in [2.75, 3.05) is 13.1 Å². The number of rotatable bonds is 3. The van der Waals surface area contributed by atoms with E-state index < -0.39 is 11.9 Å². The molecule has 2 aliphatic rings. The maximum absolute atomic E-state index is 13.0. The lowest BCUT2D eigenvalue weighted by atomic mass is 10.1. The Labute approximate surface area is 152 Å². The van der Waals surface area contributed by atoms with Gasteiger partial charge in [0.25, 0.3) is 5.91 Å². The number of carboxylic acid groups (broad SMARTS) is 1. The van der Waals surface area contributed by atoms with E-state index in [9.17, 15) is 14.7 Å². The molecule has 1 atom stereocenters. The van der Waals surface area contributed by atoms with Gasteiger partial charge < -0.3 is 10.0 Å². The first kappa shape index (κ1) is 16.8. The molecule has 4 rings (SSSR count). The monoisotopic (exact) mass is 353 g/mol. The summed E-state index contributed by atoms with van der Waals surface area (Å²) in [4.78, 5) is 25.9. The van der Waals surface area contributed by atoms with Crippen LogP contribution in [0.3, 0.4) is 0 Å². The van der Waals surface area contributed by atoms with E-state index in [-0.39, 0.29) is 12.5 Å². The maximum Gasteiger partial charge on any atom is 0.308 e. The van der Waals surface area contributed by atoms with Crippen molar-refractivity contribution in [1.82, 2.24) is 14.7 Å². The van der Waals surface area contributed by atoms with Crippen LogP contribution in [0.2, 0.25) is 0 Å². The highest BCUT2D eigenvalue weighted by Gasteiger charge is 2.35. The number of aryl methyl sites for hydroxylation is 2. The molecule has 1 aromatic carbocycles. The van der Waals surface area contributed by atoms with E-state index in [2.05, 4.69) is 37.1 Å². The summed E-state index contributed by atoms with van der Waals surface area (Å²) in [5, 5.41) is 13.9. The second kappa shape index (κ2) is 6.27. The van der Waals surface area contributed by atoms with E-state index in [0.29, 0.717) is 18.7 Å². The molecule has 1 fully saturated rings. The molecule has 2 aromatic rings. The molecule has 1 N–H and O–H groups in total. The van der Waals surface area contributed by atoms with E-state index in [1.54, 1.807) is 4.90 Å². The first-order valence-electron chi connectivity index (χ1n) is 9.16. The average molecular weight is 353 g/mol. The minimum atomic E-state index is -0.827. The number of carboxylic acids is 1. The molecule has 1 amide bonds. The van der Waals surface area contributed by atoms with Gasteiger partial charge >= 0.3 is 5.97 Å². The first-order valence-corrected chi connectivity index (χ1v) is 9.16. The van der Waals surface area contributed by atoms with Gasteiger partial charge in [-0.1, -0.05) is 17.7 Å². The Morgan fingerprint density at radius 1 is 1.23 bits per heavy atom. The van der Waals surface area contributed by atoms with Crippen LogP contribution in [0.5, 0.6) is 0 Å². The molecule has 1 unspecified atom stereocenters. The highest BCUT2D eigenvalue weighted by atomic mass is 16.4. The number of benzene rings is 1. The molecule has 2 heterocycles. The highest BCUT2D eigenvalue weighted by Crippen LogP contribution is 2.30. The molecule has 0 saturated carbocycles. The van der Waals surface area contributed by atoms with Gasteiger partial charge in [-0.25, -0.2) is 4.68 Å². The zero-order chi connectivity index (χ0) is 18.4. The van der Waals surface area contributed by atoms with Crippen molar-refractivity contribution < 1.29 is 14.7 Å². The zero-order valence-electron chi connectivity index (χ0n) is 15.2. The maximum atomic E-state index is 13.0. The Kier molecular flexibility index (Phi) is 4.05. The van der Waals surface area contributed by atoms with Crippen LogP contribution in [-0.4, -0.2) is 44.8 Å². The largest absolute Gasteiger partial charge is 0.481 e. The minimum Gasteiger partial charge on any atom is -0.481 e. The molecule has 6 heteroatoms. The summed E-state index contributed by atoms with van der Waals surface area (Å²) in [6, 6.07) is 6.24. The van der Waals surface area contributed by atoms with E-state index >= 15 is 0 Å². The summed E-state index contributed by atoms with van der Waals surface area (Å²) in [5.74, 6) is -1.42. The number of fused-ring (bicyclic) bond motifs is 1. The predicted molar refractivity (Wildman–Crippen MR) is 96.7 cm³/mol. The Morgan fingerprint density at radius 2 is 2.04 bits per heavy atom. The Balaban J connectivity index is 1.70. The second-order valence-electron chi connectivity index (χ2n) is 7.40. The van der Waals surface area contributed by atoms with Crippen LogP contribution in [0, 0.1) is 19.8 Å². The summed E-state index contributed by atoms with van der Waals surface area (Å²) in [6.07, 6.45) is 3.31. The minimum absolute atomic E-state index is 0.129. The van der Waals surface area contributed by atoms with Crippen molar-refractivity contribution in [3.05, 3.63) is 46.3 Å². The van der Waals surface area contributed by atoms with Crippen LogP contribution in [0.4, 0.5) is 0 Å². The van der Waals surface area contributed by atoms with Crippen LogP contribution >= 0.6 is 0 Å². The van der Waals surface area contributed by atoms with Crippen LogP contribution < -0.4 is 0 Å². The number of amides is 1. The highest BCUT2D eigenvalue weighted by molar-refractivity contribution is 5.95. The summed E-state index contributed by atoms with van der Waals surface area (Å²) >= 11 is 0. The van der Waals surface area contributed by atoms with Gasteiger partial charge in [-0.15, -0.1) is 0 Å². The molecule has 6 nitrogen and oxygen atoms in total. The lowest BCUT2D eigenvalue weighted by Crippen LogP contribution is -2.31. The topological polar surface area (TPSA) is 75.4 Å². The predicted octanol–water partition coefficient (Wildman–Crippen LogP) is 2.52. The number of aromatic nitrogens is 2. The van der Waals surface area contributed by atoms with Crippen molar-refractivity contribution in [2.45, 2.75) is 39.5 Å². The summed E-state index contributed by atoms with van der Waals surface area (Å²) in [5.41, 5.74) is 6.00. The van der Waals surface area contributed by atoms with Crippen molar-refractivity contribution in [2.24, 2.45) is 5.92 Å². The number of aliphatic carboxylic acids is 1. The second-order valence-corrected chi connectivity index (χ2v) is 7.40. The van der Waals surface area contributed by atoms with Gasteiger partial charge in [0.2, 0.25) is 0 Å². The molecule has 26 heavy (non-hydrogen) atoms. The number of hydrogen-bond acceptors (Lipinski definition) is 3. The van der Waals surface area contributed by atoms with Crippen molar-refractivity contribution in [1.29, 1.82) is 0 Å². The first-order chi connectivity index (χ1) is 12.5. The molecule has 1 aliphatic carbocycles. The number of likely N-dealkylation sites (tertiary alicyclic amines) is 1. The normalized spacial score (nSPS) is 19.0. The number of nitrogens with zero attached hydrogens (tertiary/aromatic N) is 3. The van der Waals surface area contributed by atoms with Gasteiger partial charge in [-0.3, -0.25) is 9.59 Å². The Bertz CT molecular complexity index is 900. The fraction of sp³-hybridized carbons (Fsp3) is 0.450. The van der Waals surface area contributed by atoms with Gasteiger partial charge in [0.15, 0.2) is 5.69 Å². The molecule has 136 valence electrons. The van der Waals surface area contributed by atoms with E-state index in [0.717, 1.165) is 41.8 Å². The van der Waals surface area contributed by atoms with Crippen LogP contribution in [0.1, 0.15) is 45.7 Å². The van der Waals surface area contributed by atoms with E-state index in [1.807, 2.05) is 4.68 Å². The van der Waals surface area contributed by atoms with Crippen LogP contribution in [0.25, 0.3) is 5.69 Å². The molecule has 1 saturated heterocycles. The van der Waals surface area contributed by atoms with Crippen LogP contribution in [0.15, 0.2) is 18.2 Å². The van der Waals surface area contributed by atoms with Gasteiger partial charge in [-0.05, 0) is 51.2 Å². The smallest absolute Gasteiger partial charge is 0.308 e. The lowest BCUT2D eigenvalue weighted by Gasteiger charge is -2.15. The molecular weight excluding hydrogens is 330 g/mol. The third-order valence-electron chi connectivity index (χ3n) is 5.54. The fourth-order valence-corrected chi connectivity index (χ4v) is 4.15. The van der Waals surface area contributed by atoms with E-state index in [4.69, 9.17) is 0 Å². The number of carbonyl (C=O) groups is 2. The molecule has 0 bridgehead atoms. The molecule has 1 aromatic heterocycles. The van der Waals surface area contributed by atoms with Gasteiger partial charge in [-0.2, -0.15) is 5.10 Å². The summed E-state index contributed by atoms with van der Waals surface area (Å²) in [7, 11) is 0. The van der Waals surface area contributed by atoms with Gasteiger partial charge in [0, 0.05) is 24.3 Å². The average Bonchev–Trinajstić information content (AvgIpc) is 3.31. The fourth-order valence-electron chi connectivity index (χ4n) is 4.15. The van der Waals surface area contributed by atoms with Crippen molar-refractivity contribution in [3.63, 3.8) is 0 Å². The number of hydrogen-bond donors (Lipinski definition) is 1. The summed E-state index contributed by atoms with van der Waals surface area (Å²) < 4.78 is 1.93. The summed E-state index contributed by atoms with van der Waals surface area (Å²) in [6.45, 7) is 4.89. The third-order valence-corrected chi connectivity index (χ3v) is 5.54. The molecule has 0 spiro atoms. The molecule has 1 aliphatic heterocycles.